The van der Waals surface area contributed by atoms with Gasteiger partial charge in [0.1, 0.15) is 5.52 Å². The first-order valence-electron chi connectivity index (χ1n) is 7.50. The van der Waals surface area contributed by atoms with E-state index in [1.807, 2.05) is 60.9 Å². The highest BCUT2D eigenvalue weighted by molar-refractivity contribution is 8.18. The highest BCUT2D eigenvalue weighted by atomic mass is 32.2. The van der Waals surface area contributed by atoms with E-state index >= 15 is 0 Å². The number of aliphatic imine (C=N–C) groups is 1. The maximum Gasteiger partial charge on any atom is 0.325 e. The van der Waals surface area contributed by atoms with Gasteiger partial charge in [-0.3, -0.25) is 4.79 Å². The van der Waals surface area contributed by atoms with Crippen molar-refractivity contribution in [1.29, 1.82) is 0 Å². The molecule has 1 saturated heterocycles. The molecule has 1 aliphatic heterocycles. The fourth-order valence-corrected chi connectivity index (χ4v) is 3.55. The third-order valence-corrected chi connectivity index (χ3v) is 5.20. The molecule has 25 heavy (non-hydrogen) atoms. The molecule has 4 rings (SSSR count). The Bertz CT molecular complexity index is 974. The highest BCUT2D eigenvalue weighted by Crippen LogP contribution is 2.29. The molecule has 1 aliphatic rings. The van der Waals surface area contributed by atoms with E-state index in [0.717, 1.165) is 11.1 Å². The minimum atomic E-state index is -0.172. The summed E-state index contributed by atoms with van der Waals surface area (Å²) in [5.41, 5.74) is 2.38. The first-order chi connectivity index (χ1) is 12.2. The van der Waals surface area contributed by atoms with Gasteiger partial charge in [0, 0.05) is 4.90 Å². The van der Waals surface area contributed by atoms with Crippen LogP contribution in [0.25, 0.3) is 17.2 Å². The van der Waals surface area contributed by atoms with Crippen LogP contribution in [0.15, 0.2) is 67.7 Å². The Morgan fingerprint density at radius 1 is 1.20 bits per heavy atom. The number of hydrogen-bond donors (Lipinski definition) is 1. The van der Waals surface area contributed by atoms with Crippen molar-refractivity contribution in [3.63, 3.8) is 0 Å². The molecule has 0 radical (unpaired) electrons. The molecule has 1 aromatic heterocycles. The minimum Gasteiger partial charge on any atom is -0.422 e. The summed E-state index contributed by atoms with van der Waals surface area (Å²) in [6, 6.07) is 15.7. The molecule has 5 nitrogen and oxygen atoms in total. The number of para-hydroxylation sites is 2. The maximum atomic E-state index is 12.1. The van der Waals surface area contributed by atoms with Crippen molar-refractivity contribution in [2.45, 2.75) is 4.90 Å². The lowest BCUT2D eigenvalue weighted by molar-refractivity contribution is -0.115. The highest BCUT2D eigenvalue weighted by Gasteiger charge is 2.24. The molecular formula is C18H13N3O2S2. The lowest BCUT2D eigenvalue weighted by atomic mass is 10.2. The van der Waals surface area contributed by atoms with E-state index in [9.17, 15) is 4.79 Å². The standard InChI is InChI=1S/C18H13N3O2S2/c1-24-12-8-6-11(7-9-12)10-15-16(22)20-18(25-15)21-17-19-13-4-2-3-5-14(13)23-17/h2-10H,1H3,(H,19,20,21,22)/b15-10-. The van der Waals surface area contributed by atoms with Crippen LogP contribution in [0.3, 0.4) is 0 Å². The monoisotopic (exact) mass is 367 g/mol. The molecule has 1 fully saturated rings. The molecular weight excluding hydrogens is 354 g/mol. The second-order valence-corrected chi connectivity index (χ2v) is 7.13. The number of oxazole rings is 1. The van der Waals surface area contributed by atoms with E-state index in [-0.39, 0.29) is 11.9 Å². The predicted molar refractivity (Wildman–Crippen MR) is 103 cm³/mol. The van der Waals surface area contributed by atoms with Crippen molar-refractivity contribution in [2.24, 2.45) is 4.99 Å². The number of nitrogens with zero attached hydrogens (tertiary/aromatic N) is 2. The fraction of sp³-hybridized carbons (Fsp3) is 0.0556. The van der Waals surface area contributed by atoms with Gasteiger partial charge in [0.2, 0.25) is 0 Å². The second kappa shape index (κ2) is 6.78. The number of carbonyl (C=O) groups excluding carboxylic acids is 1. The Morgan fingerprint density at radius 2 is 2.00 bits per heavy atom. The summed E-state index contributed by atoms with van der Waals surface area (Å²) in [4.78, 5) is 22.5. The number of amides is 1. The average molecular weight is 367 g/mol. The molecule has 2 aromatic carbocycles. The van der Waals surface area contributed by atoms with Crippen LogP contribution in [0.5, 0.6) is 0 Å². The summed E-state index contributed by atoms with van der Waals surface area (Å²) in [6.07, 6.45) is 3.88. The van der Waals surface area contributed by atoms with Gasteiger partial charge in [-0.2, -0.15) is 9.98 Å². The van der Waals surface area contributed by atoms with Crippen LogP contribution in [-0.4, -0.2) is 22.3 Å². The zero-order chi connectivity index (χ0) is 17.2. The average Bonchev–Trinajstić information content (AvgIpc) is 3.18. The number of aromatic nitrogens is 1. The number of thioether (sulfide) groups is 2. The van der Waals surface area contributed by atoms with E-state index in [1.165, 1.54) is 16.7 Å². The predicted octanol–water partition coefficient (Wildman–Crippen LogP) is 4.44. The number of hydrogen-bond acceptors (Lipinski definition) is 6. The first-order valence-corrected chi connectivity index (χ1v) is 9.54. The fourth-order valence-electron chi connectivity index (χ4n) is 2.33. The second-order valence-electron chi connectivity index (χ2n) is 5.22. The zero-order valence-corrected chi connectivity index (χ0v) is 14.9. The van der Waals surface area contributed by atoms with Crippen molar-refractivity contribution >= 4 is 57.8 Å². The number of nitrogens with one attached hydrogen (secondary N) is 1. The Kier molecular flexibility index (Phi) is 4.33. The molecule has 1 amide bonds. The van der Waals surface area contributed by atoms with E-state index in [2.05, 4.69) is 15.3 Å². The van der Waals surface area contributed by atoms with Crippen molar-refractivity contribution in [3.8, 4) is 0 Å². The SMILES string of the molecule is CSc1ccc(/C=C2\S/C(=N/c3nc4ccccc4o3)NC2=O)cc1. The van der Waals surface area contributed by atoms with Gasteiger partial charge in [-0.15, -0.1) is 11.8 Å². The topological polar surface area (TPSA) is 67.5 Å². The number of carbonyl (C=O) groups is 1. The number of benzene rings is 2. The van der Waals surface area contributed by atoms with E-state index < -0.39 is 0 Å². The summed E-state index contributed by atoms with van der Waals surface area (Å²) in [7, 11) is 0. The summed E-state index contributed by atoms with van der Waals surface area (Å²) in [5, 5.41) is 3.20. The van der Waals surface area contributed by atoms with Crippen LogP contribution >= 0.6 is 23.5 Å². The molecule has 2 heterocycles. The molecule has 0 bridgehead atoms. The van der Waals surface area contributed by atoms with Crippen molar-refractivity contribution in [3.05, 3.63) is 59.0 Å². The number of rotatable bonds is 3. The quantitative estimate of drug-likeness (QED) is 0.547. The lowest BCUT2D eigenvalue weighted by Crippen LogP contribution is -2.19. The molecule has 0 atom stereocenters. The molecule has 0 unspecified atom stereocenters. The van der Waals surface area contributed by atoms with Crippen LogP contribution in [0.1, 0.15) is 5.56 Å². The molecule has 0 aliphatic carbocycles. The summed E-state index contributed by atoms with van der Waals surface area (Å²) in [5.74, 6) is -0.172. The third-order valence-electron chi connectivity index (χ3n) is 3.54. The van der Waals surface area contributed by atoms with Crippen molar-refractivity contribution in [2.75, 3.05) is 6.26 Å². The van der Waals surface area contributed by atoms with Gasteiger partial charge < -0.3 is 9.73 Å². The summed E-state index contributed by atoms with van der Waals surface area (Å²) >= 11 is 2.96. The van der Waals surface area contributed by atoms with Crippen LogP contribution in [0.4, 0.5) is 6.01 Å². The zero-order valence-electron chi connectivity index (χ0n) is 13.2. The molecule has 1 N–H and O–H groups in total. The van der Waals surface area contributed by atoms with Gasteiger partial charge in [-0.1, -0.05) is 24.3 Å². The van der Waals surface area contributed by atoms with Crippen LogP contribution in [0, 0.1) is 0 Å². The number of amidine groups is 1. The van der Waals surface area contributed by atoms with Crippen molar-refractivity contribution in [1.82, 2.24) is 10.3 Å². The Labute approximate surface area is 152 Å². The van der Waals surface area contributed by atoms with Gasteiger partial charge in [0.15, 0.2) is 10.8 Å². The van der Waals surface area contributed by atoms with Gasteiger partial charge in [0.25, 0.3) is 5.91 Å². The normalized spacial score (nSPS) is 17.6. The van der Waals surface area contributed by atoms with E-state index in [4.69, 9.17) is 4.42 Å². The maximum absolute atomic E-state index is 12.1. The minimum absolute atomic E-state index is 0.172. The lowest BCUT2D eigenvalue weighted by Gasteiger charge is -1.97. The van der Waals surface area contributed by atoms with Crippen LogP contribution in [-0.2, 0) is 4.79 Å². The molecule has 7 heteroatoms. The van der Waals surface area contributed by atoms with E-state index in [1.54, 1.807) is 11.8 Å². The molecule has 124 valence electrons. The van der Waals surface area contributed by atoms with Gasteiger partial charge in [-0.25, -0.2) is 0 Å². The van der Waals surface area contributed by atoms with Crippen molar-refractivity contribution < 1.29 is 9.21 Å². The largest absolute Gasteiger partial charge is 0.422 e. The van der Waals surface area contributed by atoms with Crippen LogP contribution in [0.2, 0.25) is 0 Å². The molecule has 0 saturated carbocycles. The molecule has 0 spiro atoms. The third kappa shape index (κ3) is 3.47. The van der Waals surface area contributed by atoms with Crippen LogP contribution < -0.4 is 5.32 Å². The summed E-state index contributed by atoms with van der Waals surface area (Å²) < 4.78 is 5.56. The number of fused-ring (bicyclic) bond motifs is 1. The smallest absolute Gasteiger partial charge is 0.325 e. The summed E-state index contributed by atoms with van der Waals surface area (Å²) in [6.45, 7) is 0. The van der Waals surface area contributed by atoms with Gasteiger partial charge >= 0.3 is 6.01 Å². The molecule has 3 aromatic rings. The Balaban J connectivity index is 1.57. The first kappa shape index (κ1) is 16.0. The van der Waals surface area contributed by atoms with Gasteiger partial charge in [0.05, 0.1) is 4.91 Å². The Hall–Kier alpha value is -2.51. The Morgan fingerprint density at radius 3 is 2.76 bits per heavy atom. The van der Waals surface area contributed by atoms with Gasteiger partial charge in [-0.05, 0) is 53.9 Å². The van der Waals surface area contributed by atoms with E-state index in [0.29, 0.717) is 15.7 Å².